The molecule has 0 N–H and O–H groups in total. The quantitative estimate of drug-likeness (QED) is 0.603. The highest BCUT2D eigenvalue weighted by molar-refractivity contribution is 5.81. The van der Waals surface area contributed by atoms with Crippen LogP contribution in [0.3, 0.4) is 0 Å². The van der Waals surface area contributed by atoms with Crippen LogP contribution in [0, 0.1) is 0 Å². The molecule has 0 heterocycles. The minimum atomic E-state index is -0.495. The van der Waals surface area contributed by atoms with Crippen LogP contribution in [0.25, 0.3) is 0 Å². The van der Waals surface area contributed by atoms with E-state index in [1.54, 1.807) is 32.4 Å². The van der Waals surface area contributed by atoms with E-state index in [1.807, 2.05) is 43.3 Å². The van der Waals surface area contributed by atoms with Gasteiger partial charge < -0.3 is 24.0 Å². The second-order valence-electron chi connectivity index (χ2n) is 6.83. The predicted octanol–water partition coefficient (Wildman–Crippen LogP) is 2.51. The molecule has 0 atom stereocenters. The van der Waals surface area contributed by atoms with E-state index in [1.165, 1.54) is 12.0 Å². The maximum Gasteiger partial charge on any atom is 0.310 e. The molecule has 0 fully saturated rings. The molecule has 1 amide bonds. The first-order valence-corrected chi connectivity index (χ1v) is 9.20. The average Bonchev–Trinajstić information content (AvgIpc) is 2.72. The number of esters is 1. The van der Waals surface area contributed by atoms with Crippen LogP contribution in [0.2, 0.25) is 0 Å². The van der Waals surface area contributed by atoms with Gasteiger partial charge in [-0.3, -0.25) is 9.59 Å². The molecule has 0 saturated carbocycles. The van der Waals surface area contributed by atoms with Crippen molar-refractivity contribution in [3.63, 3.8) is 0 Å². The van der Waals surface area contributed by atoms with E-state index in [9.17, 15) is 9.59 Å². The van der Waals surface area contributed by atoms with Gasteiger partial charge in [-0.15, -0.1) is 0 Å². The molecular weight excluding hydrogens is 372 g/mol. The summed E-state index contributed by atoms with van der Waals surface area (Å²) in [4.78, 5) is 28.0. The highest BCUT2D eigenvalue weighted by atomic mass is 16.5. The van der Waals surface area contributed by atoms with Crippen LogP contribution >= 0.6 is 0 Å². The van der Waals surface area contributed by atoms with E-state index in [4.69, 9.17) is 14.2 Å². The van der Waals surface area contributed by atoms with Crippen molar-refractivity contribution in [1.29, 1.82) is 0 Å². The van der Waals surface area contributed by atoms with E-state index in [-0.39, 0.29) is 18.9 Å². The summed E-state index contributed by atoms with van der Waals surface area (Å²) in [5.74, 6) is 0.405. The van der Waals surface area contributed by atoms with Crippen LogP contribution in [-0.2, 0) is 27.3 Å². The van der Waals surface area contributed by atoms with Crippen molar-refractivity contribution in [1.82, 2.24) is 4.90 Å². The number of amides is 1. The van der Waals surface area contributed by atoms with E-state index < -0.39 is 5.97 Å². The van der Waals surface area contributed by atoms with E-state index in [0.717, 1.165) is 11.3 Å². The van der Waals surface area contributed by atoms with Crippen LogP contribution in [-0.4, -0.2) is 58.7 Å². The lowest BCUT2D eigenvalue weighted by Gasteiger charge is -2.18. The molecule has 7 heteroatoms. The SMILES string of the molecule is COc1ccc(CC(=O)OCC(=O)N(C)Cc2ccc(N(C)C)cc2)c(OC)c1. The van der Waals surface area contributed by atoms with Crippen LogP contribution < -0.4 is 14.4 Å². The summed E-state index contributed by atoms with van der Waals surface area (Å²) in [7, 11) is 8.71. The second-order valence-corrected chi connectivity index (χ2v) is 6.83. The van der Waals surface area contributed by atoms with Crippen LogP contribution in [0.5, 0.6) is 11.5 Å². The molecule has 0 aliphatic heterocycles. The van der Waals surface area contributed by atoms with Crippen molar-refractivity contribution in [3.05, 3.63) is 53.6 Å². The molecule has 0 spiro atoms. The summed E-state index contributed by atoms with van der Waals surface area (Å²) in [5.41, 5.74) is 2.76. The molecule has 0 bridgehead atoms. The van der Waals surface area contributed by atoms with Gasteiger partial charge in [0.25, 0.3) is 5.91 Å². The Morgan fingerprint density at radius 3 is 2.21 bits per heavy atom. The minimum Gasteiger partial charge on any atom is -0.497 e. The summed E-state index contributed by atoms with van der Waals surface area (Å²) in [6, 6.07) is 13.1. The van der Waals surface area contributed by atoms with Crippen molar-refractivity contribution < 1.29 is 23.8 Å². The number of nitrogens with zero attached hydrogens (tertiary/aromatic N) is 2. The minimum absolute atomic E-state index is 0.0101. The molecule has 0 aromatic heterocycles. The number of hydrogen-bond acceptors (Lipinski definition) is 6. The molecule has 0 radical (unpaired) electrons. The number of rotatable bonds is 9. The third kappa shape index (κ3) is 6.41. The first-order valence-electron chi connectivity index (χ1n) is 9.20. The zero-order valence-corrected chi connectivity index (χ0v) is 17.6. The lowest BCUT2D eigenvalue weighted by molar-refractivity contribution is -0.151. The van der Waals surface area contributed by atoms with Gasteiger partial charge in [-0.2, -0.15) is 0 Å². The smallest absolute Gasteiger partial charge is 0.310 e. The van der Waals surface area contributed by atoms with Gasteiger partial charge in [0.15, 0.2) is 6.61 Å². The Hall–Kier alpha value is -3.22. The van der Waals surface area contributed by atoms with Gasteiger partial charge in [0.2, 0.25) is 0 Å². The third-order valence-electron chi connectivity index (χ3n) is 4.48. The molecule has 29 heavy (non-hydrogen) atoms. The number of carbonyl (C=O) groups is 2. The van der Waals surface area contributed by atoms with E-state index >= 15 is 0 Å². The monoisotopic (exact) mass is 400 g/mol. The largest absolute Gasteiger partial charge is 0.497 e. The molecule has 2 aromatic carbocycles. The number of ether oxygens (including phenoxy) is 3. The fraction of sp³-hybridized carbons (Fsp3) is 0.364. The van der Waals surface area contributed by atoms with Gasteiger partial charge in [-0.05, 0) is 23.8 Å². The molecule has 0 unspecified atom stereocenters. The molecule has 0 aliphatic carbocycles. The van der Waals surface area contributed by atoms with Crippen molar-refractivity contribution in [2.45, 2.75) is 13.0 Å². The topological polar surface area (TPSA) is 68.3 Å². The number of benzene rings is 2. The van der Waals surface area contributed by atoms with Crippen LogP contribution in [0.1, 0.15) is 11.1 Å². The van der Waals surface area contributed by atoms with Gasteiger partial charge in [0, 0.05) is 45.0 Å². The molecule has 156 valence electrons. The first-order chi connectivity index (χ1) is 13.8. The van der Waals surface area contributed by atoms with Crippen LogP contribution in [0.15, 0.2) is 42.5 Å². The lowest BCUT2D eigenvalue weighted by atomic mass is 10.1. The zero-order chi connectivity index (χ0) is 21.4. The summed E-state index contributed by atoms with van der Waals surface area (Å²) >= 11 is 0. The molecule has 2 aromatic rings. The maximum atomic E-state index is 12.3. The Bertz CT molecular complexity index is 834. The van der Waals surface area contributed by atoms with Crippen LogP contribution in [0.4, 0.5) is 5.69 Å². The number of methoxy groups -OCH3 is 2. The summed E-state index contributed by atoms with van der Waals surface area (Å²) in [6.45, 7) is 0.139. The summed E-state index contributed by atoms with van der Waals surface area (Å²) in [5, 5.41) is 0. The van der Waals surface area contributed by atoms with Gasteiger partial charge in [-0.1, -0.05) is 18.2 Å². The number of anilines is 1. The maximum absolute atomic E-state index is 12.3. The Morgan fingerprint density at radius 2 is 1.62 bits per heavy atom. The summed E-state index contributed by atoms with van der Waals surface area (Å²) in [6.07, 6.45) is 0.0101. The number of likely N-dealkylation sites (N-methyl/N-ethyl adjacent to an activating group) is 1. The average molecular weight is 400 g/mol. The van der Waals surface area contributed by atoms with Crippen molar-refractivity contribution >= 4 is 17.6 Å². The van der Waals surface area contributed by atoms with E-state index in [2.05, 4.69) is 0 Å². The van der Waals surface area contributed by atoms with Crippen molar-refractivity contribution in [2.75, 3.05) is 46.9 Å². The number of hydrogen-bond donors (Lipinski definition) is 0. The standard InChI is InChI=1S/C22H28N2O5/c1-23(2)18-9-6-16(7-10-18)14-24(3)21(25)15-29-22(26)12-17-8-11-19(27-4)13-20(17)28-5/h6-11,13H,12,14-15H2,1-5H3. The van der Waals surface area contributed by atoms with Crippen molar-refractivity contribution in [3.8, 4) is 11.5 Å². The van der Waals surface area contributed by atoms with Gasteiger partial charge in [0.05, 0.1) is 20.6 Å². The molecule has 7 nitrogen and oxygen atoms in total. The Morgan fingerprint density at radius 1 is 0.931 bits per heavy atom. The molecular formula is C22H28N2O5. The van der Waals surface area contributed by atoms with E-state index in [0.29, 0.717) is 23.6 Å². The summed E-state index contributed by atoms with van der Waals surface area (Å²) < 4.78 is 15.6. The Kier molecular flexibility index (Phi) is 7.88. The molecule has 2 rings (SSSR count). The Balaban J connectivity index is 1.85. The van der Waals surface area contributed by atoms with Gasteiger partial charge in [0.1, 0.15) is 11.5 Å². The predicted molar refractivity (Wildman–Crippen MR) is 111 cm³/mol. The fourth-order valence-electron chi connectivity index (χ4n) is 2.72. The Labute approximate surface area is 171 Å². The highest BCUT2D eigenvalue weighted by Gasteiger charge is 2.15. The third-order valence-corrected chi connectivity index (χ3v) is 4.48. The highest BCUT2D eigenvalue weighted by Crippen LogP contribution is 2.25. The zero-order valence-electron chi connectivity index (χ0n) is 17.6. The van der Waals surface area contributed by atoms with Gasteiger partial charge >= 0.3 is 5.97 Å². The van der Waals surface area contributed by atoms with Crippen molar-refractivity contribution in [2.24, 2.45) is 0 Å². The lowest BCUT2D eigenvalue weighted by Crippen LogP contribution is -2.31. The second kappa shape index (κ2) is 10.4. The molecule has 0 aliphatic rings. The normalized spacial score (nSPS) is 10.2. The van der Waals surface area contributed by atoms with Gasteiger partial charge in [-0.25, -0.2) is 0 Å². The number of carbonyl (C=O) groups excluding carboxylic acids is 2. The molecule has 0 saturated heterocycles. The fourth-order valence-corrected chi connectivity index (χ4v) is 2.72. The first kappa shape index (κ1) is 22.1.